The largest absolute Gasteiger partial charge is 0.364 e. The van der Waals surface area contributed by atoms with E-state index >= 15 is 0 Å². The predicted octanol–water partition coefficient (Wildman–Crippen LogP) is 1.98. The second-order valence-corrected chi connectivity index (χ2v) is 4.37. The van der Waals surface area contributed by atoms with Crippen LogP contribution in [-0.2, 0) is 19.5 Å². The van der Waals surface area contributed by atoms with Gasteiger partial charge < -0.3 is 9.84 Å². The number of hydrogen-bond donors (Lipinski definition) is 1. The summed E-state index contributed by atoms with van der Waals surface area (Å²) in [5.41, 5.74) is 0.926. The van der Waals surface area contributed by atoms with Gasteiger partial charge in [0.15, 0.2) is 0 Å². The zero-order valence-electron chi connectivity index (χ0n) is 8.56. The van der Waals surface area contributed by atoms with Gasteiger partial charge in [-0.1, -0.05) is 12.1 Å². The Balaban J connectivity index is 1.78. The van der Waals surface area contributed by atoms with E-state index in [-0.39, 0.29) is 0 Å². The average molecular weight is 223 g/mol. The minimum absolute atomic E-state index is 0.732. The molecule has 0 aliphatic rings. The van der Waals surface area contributed by atoms with Crippen molar-refractivity contribution in [1.29, 1.82) is 0 Å². The van der Waals surface area contributed by atoms with Crippen LogP contribution in [0.5, 0.6) is 0 Å². The van der Waals surface area contributed by atoms with E-state index < -0.39 is 0 Å². The van der Waals surface area contributed by atoms with Gasteiger partial charge in [0.2, 0.25) is 0 Å². The predicted molar refractivity (Wildman–Crippen MR) is 58.5 cm³/mol. The molecule has 0 bridgehead atoms. The molecule has 2 aromatic rings. The lowest BCUT2D eigenvalue weighted by Gasteiger charge is -1.97. The summed E-state index contributed by atoms with van der Waals surface area (Å²) < 4.78 is 4.74. The average Bonchev–Trinajstić information content (AvgIpc) is 2.88. The molecule has 0 aliphatic carbocycles. The van der Waals surface area contributed by atoms with Crippen LogP contribution < -0.4 is 5.32 Å². The van der Waals surface area contributed by atoms with Gasteiger partial charge in [-0.15, -0.1) is 11.3 Å². The molecule has 2 heterocycles. The highest BCUT2D eigenvalue weighted by Crippen LogP contribution is 2.12. The highest BCUT2D eigenvalue weighted by molar-refractivity contribution is 7.11. The van der Waals surface area contributed by atoms with E-state index in [1.807, 2.05) is 12.3 Å². The Bertz CT molecular complexity index is 396. The molecule has 0 radical (unpaired) electrons. The second-order valence-electron chi connectivity index (χ2n) is 3.17. The van der Waals surface area contributed by atoms with E-state index in [2.05, 4.69) is 22.4 Å². The first-order chi connectivity index (χ1) is 7.38. The third kappa shape index (κ3) is 2.87. The summed E-state index contributed by atoms with van der Waals surface area (Å²) in [6, 6.07) is 1.86. The molecule has 0 unspecified atom stereocenters. The van der Waals surface area contributed by atoms with Crippen LogP contribution in [0.1, 0.15) is 22.5 Å². The molecule has 5 heteroatoms. The summed E-state index contributed by atoms with van der Waals surface area (Å²) >= 11 is 1.75. The van der Waals surface area contributed by atoms with Crippen LogP contribution >= 0.6 is 11.3 Å². The standard InChI is InChI=1S/C10H13N3OS/c1-2-10-12-7-9(15-10)6-11-5-8-3-4-14-13-8/h3-4,7,11H,2,5-6H2,1H3. The number of aryl methyl sites for hydroxylation is 1. The molecule has 4 nitrogen and oxygen atoms in total. The Kier molecular flexibility index (Phi) is 3.47. The molecule has 2 aromatic heterocycles. The highest BCUT2D eigenvalue weighted by Gasteiger charge is 2.00. The molecule has 1 N–H and O–H groups in total. The first kappa shape index (κ1) is 10.3. The molecule has 0 fully saturated rings. The molecule has 0 aliphatic heterocycles. The van der Waals surface area contributed by atoms with Gasteiger partial charge >= 0.3 is 0 Å². The summed E-state index contributed by atoms with van der Waals surface area (Å²) in [5, 5.41) is 8.30. The van der Waals surface area contributed by atoms with Crippen molar-refractivity contribution in [2.24, 2.45) is 0 Å². The molecular formula is C10H13N3OS. The lowest BCUT2D eigenvalue weighted by Crippen LogP contribution is -2.11. The first-order valence-corrected chi connectivity index (χ1v) is 5.73. The van der Waals surface area contributed by atoms with Crippen molar-refractivity contribution in [3.8, 4) is 0 Å². The van der Waals surface area contributed by atoms with Gasteiger partial charge in [0.1, 0.15) is 6.26 Å². The Morgan fingerprint density at radius 3 is 3.07 bits per heavy atom. The topological polar surface area (TPSA) is 51.0 Å². The number of hydrogen-bond acceptors (Lipinski definition) is 5. The summed E-state index contributed by atoms with van der Waals surface area (Å²) in [6.07, 6.45) is 4.52. The molecule has 0 saturated carbocycles. The van der Waals surface area contributed by atoms with Gasteiger partial charge in [0.25, 0.3) is 0 Å². The van der Waals surface area contributed by atoms with Crippen molar-refractivity contribution in [3.63, 3.8) is 0 Å². The van der Waals surface area contributed by atoms with Crippen molar-refractivity contribution in [2.45, 2.75) is 26.4 Å². The van der Waals surface area contributed by atoms with Gasteiger partial charge in [-0.3, -0.25) is 0 Å². The molecule has 0 saturated heterocycles. The molecule has 0 aromatic carbocycles. The van der Waals surface area contributed by atoms with E-state index in [0.717, 1.165) is 25.2 Å². The number of nitrogens with zero attached hydrogens (tertiary/aromatic N) is 2. The monoisotopic (exact) mass is 223 g/mol. The van der Waals surface area contributed by atoms with Crippen LogP contribution in [0.3, 0.4) is 0 Å². The summed E-state index contributed by atoms with van der Waals surface area (Å²) in [5.74, 6) is 0. The van der Waals surface area contributed by atoms with Gasteiger partial charge in [-0.05, 0) is 6.42 Å². The van der Waals surface area contributed by atoms with E-state index in [1.54, 1.807) is 17.6 Å². The van der Waals surface area contributed by atoms with Crippen molar-refractivity contribution in [2.75, 3.05) is 0 Å². The van der Waals surface area contributed by atoms with Crippen LogP contribution in [-0.4, -0.2) is 10.1 Å². The fourth-order valence-corrected chi connectivity index (χ4v) is 2.07. The molecule has 0 spiro atoms. The molecular weight excluding hydrogens is 210 g/mol. The van der Waals surface area contributed by atoms with E-state index in [4.69, 9.17) is 4.52 Å². The van der Waals surface area contributed by atoms with Crippen LogP contribution in [0.2, 0.25) is 0 Å². The van der Waals surface area contributed by atoms with Crippen molar-refractivity contribution < 1.29 is 4.52 Å². The Labute approximate surface area is 92.3 Å². The summed E-state index contributed by atoms with van der Waals surface area (Å²) in [7, 11) is 0. The molecule has 2 rings (SSSR count). The molecule has 0 atom stereocenters. The Morgan fingerprint density at radius 1 is 1.47 bits per heavy atom. The lowest BCUT2D eigenvalue weighted by atomic mass is 10.4. The maximum atomic E-state index is 4.74. The summed E-state index contributed by atoms with van der Waals surface area (Å²) in [4.78, 5) is 5.55. The van der Waals surface area contributed by atoms with Gasteiger partial charge in [-0.2, -0.15) is 0 Å². The number of aromatic nitrogens is 2. The Morgan fingerprint density at radius 2 is 2.40 bits per heavy atom. The van der Waals surface area contributed by atoms with Gasteiger partial charge in [0.05, 0.1) is 10.7 Å². The van der Waals surface area contributed by atoms with Crippen molar-refractivity contribution in [3.05, 3.63) is 34.1 Å². The van der Waals surface area contributed by atoms with Crippen LogP contribution in [0.25, 0.3) is 0 Å². The van der Waals surface area contributed by atoms with Crippen LogP contribution in [0.15, 0.2) is 23.0 Å². The third-order valence-corrected chi connectivity index (χ3v) is 3.14. The van der Waals surface area contributed by atoms with Crippen LogP contribution in [0, 0.1) is 0 Å². The fraction of sp³-hybridized carbons (Fsp3) is 0.400. The smallest absolute Gasteiger partial charge is 0.124 e. The van der Waals surface area contributed by atoms with E-state index in [1.165, 1.54) is 9.88 Å². The SMILES string of the molecule is CCc1ncc(CNCc2ccon2)s1. The normalized spacial score (nSPS) is 10.7. The fourth-order valence-electron chi connectivity index (χ4n) is 1.24. The quantitative estimate of drug-likeness (QED) is 0.842. The zero-order valence-corrected chi connectivity index (χ0v) is 9.38. The third-order valence-electron chi connectivity index (χ3n) is 2.00. The summed E-state index contributed by atoms with van der Waals surface area (Å²) in [6.45, 7) is 3.69. The van der Waals surface area contributed by atoms with Crippen molar-refractivity contribution >= 4 is 11.3 Å². The number of rotatable bonds is 5. The second kappa shape index (κ2) is 5.04. The lowest BCUT2D eigenvalue weighted by molar-refractivity contribution is 0.408. The minimum Gasteiger partial charge on any atom is -0.364 e. The van der Waals surface area contributed by atoms with Gasteiger partial charge in [-0.25, -0.2) is 4.98 Å². The zero-order chi connectivity index (χ0) is 10.5. The molecule has 15 heavy (non-hydrogen) atoms. The first-order valence-electron chi connectivity index (χ1n) is 4.92. The van der Waals surface area contributed by atoms with E-state index in [9.17, 15) is 0 Å². The van der Waals surface area contributed by atoms with Crippen LogP contribution in [0.4, 0.5) is 0 Å². The number of nitrogens with one attached hydrogen (secondary N) is 1. The van der Waals surface area contributed by atoms with E-state index in [0.29, 0.717) is 0 Å². The van der Waals surface area contributed by atoms with Gasteiger partial charge in [0, 0.05) is 30.2 Å². The minimum atomic E-state index is 0.732. The number of thiazole rings is 1. The molecule has 0 amide bonds. The highest BCUT2D eigenvalue weighted by atomic mass is 32.1. The Hall–Kier alpha value is -1.20. The molecule has 80 valence electrons. The maximum Gasteiger partial charge on any atom is 0.124 e. The maximum absolute atomic E-state index is 4.74. The van der Waals surface area contributed by atoms with Crippen molar-refractivity contribution in [1.82, 2.24) is 15.5 Å².